The molecule has 0 atom stereocenters. The number of hydrogen-bond acceptors (Lipinski definition) is 3. The number of anilines is 1. The molecule has 0 aliphatic carbocycles. The van der Waals surface area contributed by atoms with E-state index in [1.807, 2.05) is 17.8 Å². The SMILES string of the molecule is Cn1ccnc1CCNC(=O)c1cc(Cl)ccc1N. The van der Waals surface area contributed by atoms with Crippen LogP contribution in [0.2, 0.25) is 5.02 Å². The van der Waals surface area contributed by atoms with Crippen LogP contribution < -0.4 is 11.1 Å². The quantitative estimate of drug-likeness (QED) is 0.835. The van der Waals surface area contributed by atoms with E-state index >= 15 is 0 Å². The van der Waals surface area contributed by atoms with E-state index in [1.54, 1.807) is 24.4 Å². The Morgan fingerprint density at radius 3 is 3.00 bits per heavy atom. The van der Waals surface area contributed by atoms with E-state index in [0.29, 0.717) is 29.2 Å². The van der Waals surface area contributed by atoms with Gasteiger partial charge in [0.15, 0.2) is 0 Å². The van der Waals surface area contributed by atoms with Gasteiger partial charge in [0.05, 0.1) is 5.56 Å². The summed E-state index contributed by atoms with van der Waals surface area (Å²) in [7, 11) is 1.92. The number of nitrogen functional groups attached to an aromatic ring is 1. The van der Waals surface area contributed by atoms with Crippen LogP contribution in [0.4, 0.5) is 5.69 Å². The molecule has 0 saturated carbocycles. The number of nitrogens with one attached hydrogen (secondary N) is 1. The van der Waals surface area contributed by atoms with Gasteiger partial charge in [0.2, 0.25) is 0 Å². The van der Waals surface area contributed by atoms with Gasteiger partial charge >= 0.3 is 0 Å². The molecule has 6 heteroatoms. The first-order valence-corrected chi connectivity index (χ1v) is 6.25. The van der Waals surface area contributed by atoms with Crippen LogP contribution >= 0.6 is 11.6 Å². The van der Waals surface area contributed by atoms with Gasteiger partial charge in [-0.05, 0) is 18.2 Å². The van der Waals surface area contributed by atoms with Gasteiger partial charge in [-0.1, -0.05) is 11.6 Å². The molecule has 0 saturated heterocycles. The first-order chi connectivity index (χ1) is 9.08. The summed E-state index contributed by atoms with van der Waals surface area (Å²) in [5, 5.41) is 3.29. The van der Waals surface area contributed by atoms with Crippen molar-refractivity contribution < 1.29 is 4.79 Å². The number of aryl methyl sites for hydroxylation is 1. The van der Waals surface area contributed by atoms with Gasteiger partial charge in [0.25, 0.3) is 5.91 Å². The Balaban J connectivity index is 1.94. The molecule has 2 rings (SSSR count). The lowest BCUT2D eigenvalue weighted by molar-refractivity contribution is 0.0955. The molecule has 0 bridgehead atoms. The monoisotopic (exact) mass is 278 g/mol. The first-order valence-electron chi connectivity index (χ1n) is 5.87. The smallest absolute Gasteiger partial charge is 0.253 e. The Bertz CT molecular complexity index is 594. The van der Waals surface area contributed by atoms with Gasteiger partial charge in [-0.3, -0.25) is 4.79 Å². The molecule has 0 aliphatic rings. The standard InChI is InChI=1S/C13H15ClN4O/c1-18-7-6-16-12(18)4-5-17-13(19)10-8-9(14)2-3-11(10)15/h2-3,6-8H,4-5,15H2,1H3,(H,17,19). The van der Waals surface area contributed by atoms with Crippen LogP contribution in [0.1, 0.15) is 16.2 Å². The molecule has 0 unspecified atom stereocenters. The van der Waals surface area contributed by atoms with Crippen molar-refractivity contribution >= 4 is 23.2 Å². The second-order valence-electron chi connectivity index (χ2n) is 4.19. The van der Waals surface area contributed by atoms with E-state index in [1.165, 1.54) is 0 Å². The van der Waals surface area contributed by atoms with Gasteiger partial charge < -0.3 is 15.6 Å². The molecule has 0 aliphatic heterocycles. The van der Waals surface area contributed by atoms with Gasteiger partial charge in [-0.2, -0.15) is 0 Å². The molecule has 0 radical (unpaired) electrons. The fourth-order valence-corrected chi connectivity index (χ4v) is 1.92. The molecular formula is C13H15ClN4O. The number of amides is 1. The lowest BCUT2D eigenvalue weighted by Gasteiger charge is -2.08. The number of benzene rings is 1. The molecule has 100 valence electrons. The molecule has 1 aromatic carbocycles. The Labute approximate surface area is 116 Å². The summed E-state index contributed by atoms with van der Waals surface area (Å²) in [4.78, 5) is 16.1. The van der Waals surface area contributed by atoms with Gasteiger partial charge in [0, 0.05) is 43.1 Å². The predicted molar refractivity (Wildman–Crippen MR) is 75.1 cm³/mol. The summed E-state index contributed by atoms with van der Waals surface area (Å²) in [6, 6.07) is 4.84. The second-order valence-corrected chi connectivity index (χ2v) is 4.63. The molecule has 19 heavy (non-hydrogen) atoms. The van der Waals surface area contributed by atoms with Crippen molar-refractivity contribution in [1.29, 1.82) is 0 Å². The number of nitrogens with two attached hydrogens (primary N) is 1. The second kappa shape index (κ2) is 5.75. The molecule has 2 aromatic rings. The minimum atomic E-state index is -0.228. The summed E-state index contributed by atoms with van der Waals surface area (Å²) in [6.07, 6.45) is 4.26. The fraction of sp³-hybridized carbons (Fsp3) is 0.231. The maximum atomic E-state index is 12.0. The zero-order valence-electron chi connectivity index (χ0n) is 10.6. The van der Waals surface area contributed by atoms with Gasteiger partial charge in [0.1, 0.15) is 5.82 Å². The number of carbonyl (C=O) groups is 1. The van der Waals surface area contributed by atoms with E-state index in [2.05, 4.69) is 10.3 Å². The topological polar surface area (TPSA) is 72.9 Å². The molecular weight excluding hydrogens is 264 g/mol. The third-order valence-corrected chi connectivity index (χ3v) is 3.05. The van der Waals surface area contributed by atoms with Crippen LogP contribution in [0.25, 0.3) is 0 Å². The lowest BCUT2D eigenvalue weighted by atomic mass is 10.1. The molecule has 5 nitrogen and oxygen atoms in total. The Morgan fingerprint density at radius 2 is 2.32 bits per heavy atom. The van der Waals surface area contributed by atoms with Crippen molar-refractivity contribution in [2.75, 3.05) is 12.3 Å². The Kier molecular flexibility index (Phi) is 4.06. The van der Waals surface area contributed by atoms with Crippen molar-refractivity contribution in [3.8, 4) is 0 Å². The van der Waals surface area contributed by atoms with E-state index in [4.69, 9.17) is 17.3 Å². The molecule has 1 aromatic heterocycles. The first kappa shape index (κ1) is 13.4. The number of aromatic nitrogens is 2. The molecule has 3 N–H and O–H groups in total. The maximum absolute atomic E-state index is 12.0. The van der Waals surface area contributed by atoms with Crippen LogP contribution in [0.15, 0.2) is 30.6 Å². The summed E-state index contributed by atoms with van der Waals surface area (Å²) in [5.41, 5.74) is 6.56. The van der Waals surface area contributed by atoms with Crippen LogP contribution in [-0.2, 0) is 13.5 Å². The van der Waals surface area contributed by atoms with Crippen molar-refractivity contribution in [2.45, 2.75) is 6.42 Å². The number of carbonyl (C=O) groups excluding carboxylic acids is 1. The number of rotatable bonds is 4. The maximum Gasteiger partial charge on any atom is 0.253 e. The van der Waals surface area contributed by atoms with Crippen molar-refractivity contribution in [3.63, 3.8) is 0 Å². The lowest BCUT2D eigenvalue weighted by Crippen LogP contribution is -2.27. The normalized spacial score (nSPS) is 10.4. The average Bonchev–Trinajstić information content (AvgIpc) is 2.78. The summed E-state index contributed by atoms with van der Waals surface area (Å²) in [5.74, 6) is 0.688. The Morgan fingerprint density at radius 1 is 1.53 bits per heavy atom. The third kappa shape index (κ3) is 3.26. The molecule has 0 spiro atoms. The fourth-order valence-electron chi connectivity index (χ4n) is 1.75. The van der Waals surface area contributed by atoms with Crippen molar-refractivity contribution in [2.24, 2.45) is 7.05 Å². The third-order valence-electron chi connectivity index (χ3n) is 2.82. The van der Waals surface area contributed by atoms with Crippen LogP contribution in [0.3, 0.4) is 0 Å². The average molecular weight is 279 g/mol. The van der Waals surface area contributed by atoms with E-state index in [9.17, 15) is 4.79 Å². The summed E-state index contributed by atoms with van der Waals surface area (Å²) < 4.78 is 1.92. The van der Waals surface area contributed by atoms with Crippen LogP contribution in [0.5, 0.6) is 0 Å². The predicted octanol–water partition coefficient (Wildman–Crippen LogP) is 1.63. The van der Waals surface area contributed by atoms with Crippen molar-refractivity contribution in [3.05, 3.63) is 47.0 Å². The summed E-state index contributed by atoms with van der Waals surface area (Å²) >= 11 is 5.85. The number of nitrogens with zero attached hydrogens (tertiary/aromatic N) is 2. The minimum absolute atomic E-state index is 0.228. The van der Waals surface area contributed by atoms with E-state index < -0.39 is 0 Å². The minimum Gasteiger partial charge on any atom is -0.398 e. The highest BCUT2D eigenvalue weighted by Crippen LogP contribution is 2.17. The molecule has 1 heterocycles. The molecule has 0 fully saturated rings. The largest absolute Gasteiger partial charge is 0.398 e. The number of hydrogen-bond donors (Lipinski definition) is 2. The van der Waals surface area contributed by atoms with Crippen LogP contribution in [-0.4, -0.2) is 22.0 Å². The highest BCUT2D eigenvalue weighted by atomic mass is 35.5. The van der Waals surface area contributed by atoms with Crippen molar-refractivity contribution in [1.82, 2.24) is 14.9 Å². The number of imidazole rings is 1. The summed E-state index contributed by atoms with van der Waals surface area (Å²) in [6.45, 7) is 0.496. The zero-order chi connectivity index (χ0) is 13.8. The zero-order valence-corrected chi connectivity index (χ0v) is 11.3. The van der Waals surface area contributed by atoms with Crippen LogP contribution in [0, 0.1) is 0 Å². The van der Waals surface area contributed by atoms with Gasteiger partial charge in [-0.25, -0.2) is 4.98 Å². The Hall–Kier alpha value is -2.01. The number of halogens is 1. The van der Waals surface area contributed by atoms with E-state index in [-0.39, 0.29) is 5.91 Å². The van der Waals surface area contributed by atoms with Gasteiger partial charge in [-0.15, -0.1) is 0 Å². The highest BCUT2D eigenvalue weighted by molar-refractivity contribution is 6.31. The molecule has 1 amide bonds. The van der Waals surface area contributed by atoms with E-state index in [0.717, 1.165) is 5.82 Å². The highest BCUT2D eigenvalue weighted by Gasteiger charge is 2.10.